The Hall–Kier alpha value is -2.70. The highest BCUT2D eigenvalue weighted by atomic mass is 32.2. The van der Waals surface area contributed by atoms with E-state index in [4.69, 9.17) is 4.74 Å². The lowest BCUT2D eigenvalue weighted by Gasteiger charge is -2.12. The van der Waals surface area contributed by atoms with Crippen molar-refractivity contribution in [3.8, 4) is 5.75 Å². The molecule has 0 fully saturated rings. The van der Waals surface area contributed by atoms with Crippen LogP contribution in [0.4, 0.5) is 0 Å². The van der Waals surface area contributed by atoms with Gasteiger partial charge in [-0.3, -0.25) is 4.79 Å². The smallest absolute Gasteiger partial charge is 0.308 e. The monoisotopic (exact) mass is 395 g/mol. The lowest BCUT2D eigenvalue weighted by molar-refractivity contribution is -0.131. The molecular formula is C22H21NO4S. The Kier molecular flexibility index (Phi) is 4.91. The number of rotatable bonds is 5. The van der Waals surface area contributed by atoms with Crippen LogP contribution in [0.15, 0.2) is 65.6 Å². The van der Waals surface area contributed by atoms with E-state index in [2.05, 4.69) is 4.72 Å². The lowest BCUT2D eigenvalue weighted by Crippen LogP contribution is -2.29. The van der Waals surface area contributed by atoms with Crippen molar-refractivity contribution in [1.29, 1.82) is 0 Å². The summed E-state index contributed by atoms with van der Waals surface area (Å²) in [4.78, 5) is 11.4. The second-order valence-corrected chi connectivity index (χ2v) is 8.93. The molecule has 1 aliphatic carbocycles. The van der Waals surface area contributed by atoms with Gasteiger partial charge >= 0.3 is 5.97 Å². The van der Waals surface area contributed by atoms with Crippen LogP contribution in [0.3, 0.4) is 0 Å². The molecule has 5 nitrogen and oxygen atoms in total. The van der Waals surface area contributed by atoms with Crippen LogP contribution >= 0.6 is 0 Å². The number of hydrogen-bond acceptors (Lipinski definition) is 4. The van der Waals surface area contributed by atoms with Crippen molar-refractivity contribution in [2.45, 2.75) is 24.7 Å². The molecule has 0 radical (unpaired) electrons. The minimum absolute atomic E-state index is 0.179. The summed E-state index contributed by atoms with van der Waals surface area (Å²) < 4.78 is 33.3. The van der Waals surface area contributed by atoms with Crippen molar-refractivity contribution in [2.24, 2.45) is 5.92 Å². The molecule has 4 rings (SSSR count). The molecule has 0 aromatic heterocycles. The molecule has 144 valence electrons. The topological polar surface area (TPSA) is 72.5 Å². The van der Waals surface area contributed by atoms with Gasteiger partial charge in [-0.05, 0) is 64.9 Å². The maximum atomic E-state index is 12.7. The highest BCUT2D eigenvalue weighted by molar-refractivity contribution is 7.89. The number of hydrogen-bond donors (Lipinski definition) is 1. The van der Waals surface area contributed by atoms with E-state index in [0.29, 0.717) is 12.3 Å². The van der Waals surface area contributed by atoms with Gasteiger partial charge in [0, 0.05) is 13.5 Å². The van der Waals surface area contributed by atoms with Crippen molar-refractivity contribution in [3.05, 3.63) is 71.8 Å². The van der Waals surface area contributed by atoms with Crippen LogP contribution in [0, 0.1) is 5.92 Å². The third kappa shape index (κ3) is 3.93. The van der Waals surface area contributed by atoms with Gasteiger partial charge < -0.3 is 4.74 Å². The molecular weight excluding hydrogens is 374 g/mol. The molecule has 1 unspecified atom stereocenters. The number of ether oxygens (including phenoxy) is 1. The van der Waals surface area contributed by atoms with E-state index in [1.165, 1.54) is 12.5 Å². The fourth-order valence-electron chi connectivity index (χ4n) is 3.70. The summed E-state index contributed by atoms with van der Waals surface area (Å²) in [5.74, 6) is 0.360. The molecule has 0 saturated carbocycles. The van der Waals surface area contributed by atoms with Gasteiger partial charge in [0.2, 0.25) is 10.0 Å². The maximum Gasteiger partial charge on any atom is 0.308 e. The normalized spacial score (nSPS) is 16.1. The van der Waals surface area contributed by atoms with Gasteiger partial charge in [-0.15, -0.1) is 0 Å². The predicted molar refractivity (Wildman–Crippen MR) is 108 cm³/mol. The summed E-state index contributed by atoms with van der Waals surface area (Å²) in [6.07, 6.45) is 1.56. The average molecular weight is 395 g/mol. The number of sulfonamides is 1. The average Bonchev–Trinajstić information content (AvgIpc) is 3.08. The molecule has 0 aliphatic heterocycles. The molecule has 3 aromatic rings. The van der Waals surface area contributed by atoms with E-state index >= 15 is 0 Å². The van der Waals surface area contributed by atoms with Crippen LogP contribution in [-0.2, 0) is 27.7 Å². The molecule has 1 aliphatic rings. The molecule has 0 bridgehead atoms. The van der Waals surface area contributed by atoms with Crippen molar-refractivity contribution in [1.82, 2.24) is 4.72 Å². The lowest BCUT2D eigenvalue weighted by atomic mass is 10.1. The first kappa shape index (κ1) is 18.7. The van der Waals surface area contributed by atoms with E-state index in [-0.39, 0.29) is 16.8 Å². The number of esters is 1. The first-order valence-corrected chi connectivity index (χ1v) is 10.7. The Bertz CT molecular complexity index is 1150. The second kappa shape index (κ2) is 7.37. The summed E-state index contributed by atoms with van der Waals surface area (Å²) in [7, 11) is -3.57. The first-order valence-electron chi connectivity index (χ1n) is 9.19. The van der Waals surface area contributed by atoms with E-state index in [9.17, 15) is 13.2 Å². The zero-order chi connectivity index (χ0) is 19.7. The molecule has 28 heavy (non-hydrogen) atoms. The van der Waals surface area contributed by atoms with Gasteiger partial charge in [0.25, 0.3) is 0 Å². The first-order chi connectivity index (χ1) is 13.4. The Balaban J connectivity index is 1.44. The van der Waals surface area contributed by atoms with Crippen molar-refractivity contribution >= 4 is 26.8 Å². The van der Waals surface area contributed by atoms with Crippen LogP contribution < -0.4 is 9.46 Å². The molecule has 0 spiro atoms. The minimum Gasteiger partial charge on any atom is -0.427 e. The number of carbonyl (C=O) groups is 1. The largest absolute Gasteiger partial charge is 0.427 e. The summed E-state index contributed by atoms with van der Waals surface area (Å²) in [5, 5.41) is 1.91. The van der Waals surface area contributed by atoms with E-state index in [1.54, 1.807) is 18.2 Å². The molecule has 1 N–H and O–H groups in total. The number of carbonyl (C=O) groups excluding carboxylic acids is 1. The second-order valence-electron chi connectivity index (χ2n) is 7.16. The van der Waals surface area contributed by atoms with Crippen molar-refractivity contribution < 1.29 is 17.9 Å². The SMILES string of the molecule is CC(=O)Oc1ccc2c(c1)CC(CNS(=O)(=O)c1ccc3ccccc3c1)C2. The van der Waals surface area contributed by atoms with Crippen LogP contribution in [0.1, 0.15) is 18.1 Å². The van der Waals surface area contributed by atoms with Crippen LogP contribution in [0.2, 0.25) is 0 Å². The van der Waals surface area contributed by atoms with Gasteiger partial charge in [0.05, 0.1) is 4.90 Å². The quantitative estimate of drug-likeness (QED) is 0.530. The Morgan fingerprint density at radius 2 is 1.75 bits per heavy atom. The van der Waals surface area contributed by atoms with E-state index in [1.807, 2.05) is 42.5 Å². The third-order valence-corrected chi connectivity index (χ3v) is 6.47. The highest BCUT2D eigenvalue weighted by Gasteiger charge is 2.24. The summed E-state index contributed by atoms with van der Waals surface area (Å²) in [5.41, 5.74) is 2.28. The third-order valence-electron chi connectivity index (χ3n) is 5.05. The van der Waals surface area contributed by atoms with Crippen LogP contribution in [-0.4, -0.2) is 20.9 Å². The van der Waals surface area contributed by atoms with Crippen molar-refractivity contribution in [3.63, 3.8) is 0 Å². The standard InChI is InChI=1S/C22H21NO4S/c1-15(24)27-21-8-6-19-10-16(11-20(19)12-21)14-23-28(25,26)22-9-7-17-4-2-3-5-18(17)13-22/h2-9,12-13,16,23H,10-11,14H2,1H3. The number of nitrogens with one attached hydrogen (secondary N) is 1. The summed E-state index contributed by atoms with van der Waals surface area (Å²) >= 11 is 0. The van der Waals surface area contributed by atoms with Crippen molar-refractivity contribution in [2.75, 3.05) is 6.54 Å². The summed E-state index contributed by atoms with van der Waals surface area (Å²) in [6, 6.07) is 18.5. The van der Waals surface area contributed by atoms with E-state index in [0.717, 1.165) is 29.2 Å². The van der Waals surface area contributed by atoms with Gasteiger partial charge in [-0.25, -0.2) is 13.1 Å². The Morgan fingerprint density at radius 1 is 1.00 bits per heavy atom. The molecule has 6 heteroatoms. The van der Waals surface area contributed by atoms with Gasteiger partial charge in [0.1, 0.15) is 5.75 Å². The zero-order valence-electron chi connectivity index (χ0n) is 15.5. The molecule has 0 amide bonds. The van der Waals surface area contributed by atoms with Crippen LogP contribution in [0.5, 0.6) is 5.75 Å². The Morgan fingerprint density at radius 3 is 2.54 bits per heavy atom. The highest BCUT2D eigenvalue weighted by Crippen LogP contribution is 2.30. The zero-order valence-corrected chi connectivity index (χ0v) is 16.3. The Labute approximate surface area is 164 Å². The number of fused-ring (bicyclic) bond motifs is 2. The van der Waals surface area contributed by atoms with Crippen LogP contribution in [0.25, 0.3) is 10.8 Å². The molecule has 3 aromatic carbocycles. The maximum absolute atomic E-state index is 12.7. The predicted octanol–water partition coefficient (Wildman–Crippen LogP) is 3.46. The minimum atomic E-state index is -3.57. The number of benzene rings is 3. The van der Waals surface area contributed by atoms with Gasteiger partial charge in [0.15, 0.2) is 0 Å². The molecule has 1 atom stereocenters. The summed E-state index contributed by atoms with van der Waals surface area (Å²) in [6.45, 7) is 1.74. The molecule has 0 saturated heterocycles. The fraction of sp³-hybridized carbons (Fsp3) is 0.227. The van der Waals surface area contributed by atoms with E-state index < -0.39 is 10.0 Å². The van der Waals surface area contributed by atoms with Gasteiger partial charge in [-0.2, -0.15) is 0 Å². The molecule has 0 heterocycles. The fourth-order valence-corrected chi connectivity index (χ4v) is 4.86. The van der Waals surface area contributed by atoms with Gasteiger partial charge in [-0.1, -0.05) is 36.4 Å².